The summed E-state index contributed by atoms with van der Waals surface area (Å²) in [5.74, 6) is 0.0125. The van der Waals surface area contributed by atoms with E-state index in [1.807, 2.05) is 13.0 Å². The van der Waals surface area contributed by atoms with Gasteiger partial charge in [0, 0.05) is 12.1 Å². The van der Waals surface area contributed by atoms with Crippen molar-refractivity contribution in [2.24, 2.45) is 11.1 Å². The standard InChI is InChI=1S/C13H20N2O2/c1-5-9(14)10-7-6-8-11(15-10)17-12(16)13(2,3)4/h6-9H,5,14H2,1-4H3. The van der Waals surface area contributed by atoms with Crippen LogP contribution in [0, 0.1) is 5.41 Å². The summed E-state index contributed by atoms with van der Waals surface area (Å²) in [5, 5.41) is 0. The van der Waals surface area contributed by atoms with Crippen molar-refractivity contribution in [2.75, 3.05) is 0 Å². The third-order valence-electron chi connectivity index (χ3n) is 2.37. The van der Waals surface area contributed by atoms with Crippen LogP contribution in [0.15, 0.2) is 18.2 Å². The van der Waals surface area contributed by atoms with Crippen LogP contribution in [0.25, 0.3) is 0 Å². The van der Waals surface area contributed by atoms with Crippen LogP contribution in [-0.4, -0.2) is 11.0 Å². The number of hydrogen-bond donors (Lipinski definition) is 1. The fourth-order valence-electron chi connectivity index (χ4n) is 1.15. The lowest BCUT2D eigenvalue weighted by atomic mass is 9.97. The Labute approximate surface area is 102 Å². The zero-order valence-electron chi connectivity index (χ0n) is 10.9. The molecule has 0 saturated heterocycles. The van der Waals surface area contributed by atoms with E-state index in [9.17, 15) is 4.79 Å². The first-order valence-corrected chi connectivity index (χ1v) is 5.79. The highest BCUT2D eigenvalue weighted by atomic mass is 16.5. The molecule has 0 aliphatic rings. The normalized spacial score (nSPS) is 13.2. The Morgan fingerprint density at radius 3 is 2.65 bits per heavy atom. The van der Waals surface area contributed by atoms with Gasteiger partial charge in [0.15, 0.2) is 0 Å². The minimum Gasteiger partial charge on any atom is -0.407 e. The molecule has 0 aliphatic carbocycles. The van der Waals surface area contributed by atoms with Gasteiger partial charge in [-0.3, -0.25) is 4.79 Å². The highest BCUT2D eigenvalue weighted by Gasteiger charge is 2.24. The van der Waals surface area contributed by atoms with Gasteiger partial charge in [0.25, 0.3) is 0 Å². The van der Waals surface area contributed by atoms with E-state index in [0.717, 1.165) is 12.1 Å². The van der Waals surface area contributed by atoms with E-state index < -0.39 is 5.41 Å². The van der Waals surface area contributed by atoms with E-state index in [-0.39, 0.29) is 12.0 Å². The van der Waals surface area contributed by atoms with E-state index in [2.05, 4.69) is 4.98 Å². The third-order valence-corrected chi connectivity index (χ3v) is 2.37. The van der Waals surface area contributed by atoms with Gasteiger partial charge in [-0.2, -0.15) is 0 Å². The number of carbonyl (C=O) groups excluding carboxylic acids is 1. The molecule has 17 heavy (non-hydrogen) atoms. The van der Waals surface area contributed by atoms with Crippen LogP contribution in [0.1, 0.15) is 45.9 Å². The second-order valence-corrected chi connectivity index (χ2v) is 5.05. The molecular formula is C13H20N2O2. The Balaban J connectivity index is 2.83. The lowest BCUT2D eigenvalue weighted by Gasteiger charge is -2.16. The second-order valence-electron chi connectivity index (χ2n) is 5.05. The average molecular weight is 236 g/mol. The summed E-state index contributed by atoms with van der Waals surface area (Å²) in [4.78, 5) is 15.9. The maximum Gasteiger partial charge on any atom is 0.317 e. The molecule has 1 unspecified atom stereocenters. The monoisotopic (exact) mass is 236 g/mol. The predicted octanol–water partition coefficient (Wildman–Crippen LogP) is 2.44. The van der Waals surface area contributed by atoms with Gasteiger partial charge in [-0.05, 0) is 33.3 Å². The molecule has 0 bridgehead atoms. The summed E-state index contributed by atoms with van der Waals surface area (Å²) in [5.41, 5.74) is 6.08. The molecule has 0 spiro atoms. The molecule has 1 atom stereocenters. The summed E-state index contributed by atoms with van der Waals surface area (Å²) in [7, 11) is 0. The molecule has 0 fully saturated rings. The Kier molecular flexibility index (Phi) is 4.23. The molecule has 0 aromatic carbocycles. The molecule has 0 saturated carbocycles. The molecule has 0 aliphatic heterocycles. The lowest BCUT2D eigenvalue weighted by molar-refractivity contribution is -0.143. The van der Waals surface area contributed by atoms with E-state index >= 15 is 0 Å². The summed E-state index contributed by atoms with van der Waals surface area (Å²) in [6.07, 6.45) is 0.795. The largest absolute Gasteiger partial charge is 0.407 e. The van der Waals surface area contributed by atoms with Gasteiger partial charge in [0.05, 0.1) is 11.1 Å². The van der Waals surface area contributed by atoms with Crippen molar-refractivity contribution in [2.45, 2.75) is 40.2 Å². The molecule has 1 rings (SSSR count). The van der Waals surface area contributed by atoms with Crippen molar-refractivity contribution in [1.82, 2.24) is 4.98 Å². The fraction of sp³-hybridized carbons (Fsp3) is 0.538. The summed E-state index contributed by atoms with van der Waals surface area (Å²) in [6, 6.07) is 5.17. The van der Waals surface area contributed by atoms with Crippen molar-refractivity contribution >= 4 is 5.97 Å². The van der Waals surface area contributed by atoms with Gasteiger partial charge >= 0.3 is 5.97 Å². The van der Waals surface area contributed by atoms with E-state index in [1.54, 1.807) is 32.9 Å². The number of pyridine rings is 1. The van der Waals surface area contributed by atoms with E-state index in [0.29, 0.717) is 5.88 Å². The maximum atomic E-state index is 11.7. The smallest absolute Gasteiger partial charge is 0.317 e. The SMILES string of the molecule is CCC(N)c1cccc(OC(=O)C(C)(C)C)n1. The number of ether oxygens (including phenoxy) is 1. The first-order valence-electron chi connectivity index (χ1n) is 5.79. The van der Waals surface area contributed by atoms with Gasteiger partial charge in [-0.1, -0.05) is 13.0 Å². The third kappa shape index (κ3) is 3.82. The highest BCUT2D eigenvalue weighted by Crippen LogP contribution is 2.19. The summed E-state index contributed by atoms with van der Waals surface area (Å²) >= 11 is 0. The molecule has 2 N–H and O–H groups in total. The predicted molar refractivity (Wildman–Crippen MR) is 66.5 cm³/mol. The number of nitrogens with zero attached hydrogens (tertiary/aromatic N) is 1. The summed E-state index contributed by atoms with van der Waals surface area (Å²) in [6.45, 7) is 7.39. The zero-order valence-corrected chi connectivity index (χ0v) is 10.9. The molecule has 4 heteroatoms. The average Bonchev–Trinajstić information content (AvgIpc) is 2.27. The van der Waals surface area contributed by atoms with Crippen molar-refractivity contribution in [3.63, 3.8) is 0 Å². The quantitative estimate of drug-likeness (QED) is 0.819. The topological polar surface area (TPSA) is 65.2 Å². The minimum absolute atomic E-state index is 0.122. The van der Waals surface area contributed by atoms with Gasteiger partial charge in [-0.15, -0.1) is 0 Å². The van der Waals surface area contributed by atoms with Crippen LogP contribution >= 0.6 is 0 Å². The van der Waals surface area contributed by atoms with Crippen LogP contribution in [0.3, 0.4) is 0 Å². The van der Waals surface area contributed by atoms with Crippen LogP contribution in [0.5, 0.6) is 5.88 Å². The molecule has 1 aromatic rings. The molecule has 1 aromatic heterocycles. The van der Waals surface area contributed by atoms with E-state index in [4.69, 9.17) is 10.5 Å². The van der Waals surface area contributed by atoms with Crippen LogP contribution in [0.4, 0.5) is 0 Å². The number of nitrogens with two attached hydrogens (primary N) is 1. The number of carbonyl (C=O) groups is 1. The zero-order chi connectivity index (χ0) is 13.1. The summed E-state index contributed by atoms with van der Waals surface area (Å²) < 4.78 is 5.21. The van der Waals surface area contributed by atoms with Crippen molar-refractivity contribution < 1.29 is 9.53 Å². The first-order chi connectivity index (χ1) is 7.84. The number of rotatable bonds is 3. The second kappa shape index (κ2) is 5.27. The number of aromatic nitrogens is 1. The first kappa shape index (κ1) is 13.6. The van der Waals surface area contributed by atoms with Crippen molar-refractivity contribution in [1.29, 1.82) is 0 Å². The number of esters is 1. The van der Waals surface area contributed by atoms with Gasteiger partial charge in [0.1, 0.15) is 0 Å². The van der Waals surface area contributed by atoms with Gasteiger partial charge in [-0.25, -0.2) is 4.98 Å². The maximum absolute atomic E-state index is 11.7. The Morgan fingerprint density at radius 2 is 2.12 bits per heavy atom. The van der Waals surface area contributed by atoms with Crippen LogP contribution in [0.2, 0.25) is 0 Å². The molecule has 1 heterocycles. The molecular weight excluding hydrogens is 216 g/mol. The minimum atomic E-state index is -0.537. The van der Waals surface area contributed by atoms with Crippen LogP contribution < -0.4 is 10.5 Å². The van der Waals surface area contributed by atoms with E-state index in [1.165, 1.54) is 0 Å². The lowest BCUT2D eigenvalue weighted by Crippen LogP contribution is -2.26. The fourth-order valence-corrected chi connectivity index (χ4v) is 1.15. The van der Waals surface area contributed by atoms with Gasteiger partial charge < -0.3 is 10.5 Å². The molecule has 94 valence electrons. The Hall–Kier alpha value is -1.42. The Morgan fingerprint density at radius 1 is 1.47 bits per heavy atom. The van der Waals surface area contributed by atoms with Gasteiger partial charge in [0.2, 0.25) is 5.88 Å². The van der Waals surface area contributed by atoms with Crippen molar-refractivity contribution in [3.05, 3.63) is 23.9 Å². The molecule has 4 nitrogen and oxygen atoms in total. The number of hydrogen-bond acceptors (Lipinski definition) is 4. The van der Waals surface area contributed by atoms with Crippen LogP contribution in [-0.2, 0) is 4.79 Å². The molecule has 0 radical (unpaired) electrons. The highest BCUT2D eigenvalue weighted by molar-refractivity contribution is 5.77. The Bertz CT molecular complexity index is 397. The van der Waals surface area contributed by atoms with Crippen molar-refractivity contribution in [3.8, 4) is 5.88 Å². The molecule has 0 amide bonds.